The Balaban J connectivity index is 1.73. The van der Waals surface area contributed by atoms with E-state index in [4.69, 9.17) is 9.15 Å². The van der Waals surface area contributed by atoms with Crippen LogP contribution in [0.15, 0.2) is 47.0 Å². The molecule has 0 aliphatic heterocycles. The second kappa shape index (κ2) is 6.60. The smallest absolute Gasteiger partial charge is 0.355 e. The highest BCUT2D eigenvalue weighted by Crippen LogP contribution is 2.22. The number of esters is 1. The number of carbonyl (C=O) groups excluding carboxylic acids is 1. The van der Waals surface area contributed by atoms with Crippen LogP contribution in [0.1, 0.15) is 21.9 Å². The number of rotatable bonds is 5. The second-order valence-electron chi connectivity index (χ2n) is 5.42. The summed E-state index contributed by atoms with van der Waals surface area (Å²) in [5.41, 5.74) is 1.24. The fourth-order valence-electron chi connectivity index (χ4n) is 2.32. The molecule has 0 saturated heterocycles. The summed E-state index contributed by atoms with van der Waals surface area (Å²) in [5.74, 6) is 0.322. The summed E-state index contributed by atoms with van der Waals surface area (Å²) in [6.07, 6.45) is 1.26. The number of aromatic nitrogens is 2. The zero-order valence-electron chi connectivity index (χ0n) is 13.6. The van der Waals surface area contributed by atoms with Crippen molar-refractivity contribution in [3.8, 4) is 11.5 Å². The van der Waals surface area contributed by atoms with Crippen LogP contribution < -0.4 is 0 Å². The SMILES string of the molecule is Cc1oc(-c2ccccc2)nc1COC(=O)c1cc([N+](=O)[O-])cn1C. The number of nitrogens with zero attached hydrogens (tertiary/aromatic N) is 3. The van der Waals surface area contributed by atoms with Gasteiger partial charge in [0, 0.05) is 18.7 Å². The Bertz CT molecular complexity index is 927. The Kier molecular flexibility index (Phi) is 4.34. The van der Waals surface area contributed by atoms with Crippen LogP contribution in [0.4, 0.5) is 5.69 Å². The van der Waals surface area contributed by atoms with Crippen LogP contribution in [0.3, 0.4) is 0 Å². The van der Waals surface area contributed by atoms with Crippen LogP contribution >= 0.6 is 0 Å². The molecule has 25 heavy (non-hydrogen) atoms. The molecule has 0 saturated carbocycles. The molecule has 2 aromatic heterocycles. The fourth-order valence-corrected chi connectivity index (χ4v) is 2.32. The zero-order valence-corrected chi connectivity index (χ0v) is 13.6. The molecule has 2 heterocycles. The van der Waals surface area contributed by atoms with E-state index < -0.39 is 10.9 Å². The third-order valence-corrected chi connectivity index (χ3v) is 3.66. The van der Waals surface area contributed by atoms with Crippen LogP contribution in [0, 0.1) is 17.0 Å². The average Bonchev–Trinajstić information content (AvgIpc) is 3.17. The first kappa shape index (κ1) is 16.4. The third kappa shape index (κ3) is 3.42. The molecule has 0 aliphatic rings. The number of benzene rings is 1. The van der Waals surface area contributed by atoms with Gasteiger partial charge in [-0.05, 0) is 19.1 Å². The summed E-state index contributed by atoms with van der Waals surface area (Å²) in [4.78, 5) is 26.7. The molecule has 0 N–H and O–H groups in total. The van der Waals surface area contributed by atoms with E-state index in [-0.39, 0.29) is 18.0 Å². The van der Waals surface area contributed by atoms with Crippen LogP contribution in [0.25, 0.3) is 11.5 Å². The Morgan fingerprint density at radius 3 is 2.72 bits per heavy atom. The minimum atomic E-state index is -0.667. The molecule has 0 amide bonds. The maximum atomic E-state index is 12.1. The first-order valence-electron chi connectivity index (χ1n) is 7.45. The minimum absolute atomic E-state index is 0.0834. The summed E-state index contributed by atoms with van der Waals surface area (Å²) in [5, 5.41) is 10.8. The van der Waals surface area contributed by atoms with Crippen molar-refractivity contribution < 1.29 is 18.9 Å². The van der Waals surface area contributed by atoms with Gasteiger partial charge in [0.2, 0.25) is 5.89 Å². The Labute approximate surface area is 142 Å². The molecule has 0 aliphatic carbocycles. The van der Waals surface area contributed by atoms with E-state index in [0.717, 1.165) is 5.56 Å². The van der Waals surface area contributed by atoms with Gasteiger partial charge in [-0.1, -0.05) is 18.2 Å². The van der Waals surface area contributed by atoms with E-state index >= 15 is 0 Å². The van der Waals surface area contributed by atoms with Gasteiger partial charge in [-0.3, -0.25) is 10.1 Å². The van der Waals surface area contributed by atoms with Crippen LogP contribution in [-0.4, -0.2) is 20.4 Å². The normalized spacial score (nSPS) is 10.6. The molecule has 1 aromatic carbocycles. The predicted molar refractivity (Wildman–Crippen MR) is 87.9 cm³/mol. The number of oxazole rings is 1. The molecule has 3 rings (SSSR count). The van der Waals surface area contributed by atoms with Crippen molar-refractivity contribution in [1.82, 2.24) is 9.55 Å². The zero-order chi connectivity index (χ0) is 18.0. The first-order chi connectivity index (χ1) is 12.0. The van der Waals surface area contributed by atoms with Crippen LogP contribution in [0.2, 0.25) is 0 Å². The summed E-state index contributed by atoms with van der Waals surface area (Å²) < 4.78 is 12.2. The van der Waals surface area contributed by atoms with Gasteiger partial charge in [-0.25, -0.2) is 9.78 Å². The third-order valence-electron chi connectivity index (χ3n) is 3.66. The highest BCUT2D eigenvalue weighted by molar-refractivity contribution is 5.88. The van der Waals surface area contributed by atoms with Gasteiger partial charge >= 0.3 is 5.97 Å². The van der Waals surface area contributed by atoms with E-state index in [9.17, 15) is 14.9 Å². The number of nitro groups is 1. The number of ether oxygens (including phenoxy) is 1. The highest BCUT2D eigenvalue weighted by Gasteiger charge is 2.20. The predicted octanol–water partition coefficient (Wildman–Crippen LogP) is 3.25. The van der Waals surface area contributed by atoms with E-state index in [1.807, 2.05) is 30.3 Å². The standard InChI is InChI=1S/C17H15N3O5/c1-11-14(18-16(25-11)12-6-4-3-5-7-12)10-24-17(21)15-8-13(20(22)23)9-19(15)2/h3-9H,10H2,1-2H3. The molecule has 3 aromatic rings. The van der Waals surface area contributed by atoms with Gasteiger partial charge < -0.3 is 13.7 Å². The average molecular weight is 341 g/mol. The molecule has 0 bridgehead atoms. The lowest BCUT2D eigenvalue weighted by Gasteiger charge is -2.03. The lowest BCUT2D eigenvalue weighted by Crippen LogP contribution is -2.10. The van der Waals surface area contributed by atoms with Gasteiger partial charge in [0.1, 0.15) is 23.8 Å². The number of hydrogen-bond donors (Lipinski definition) is 0. The maximum Gasteiger partial charge on any atom is 0.355 e. The summed E-state index contributed by atoms with van der Waals surface area (Å²) in [7, 11) is 1.54. The van der Waals surface area contributed by atoms with E-state index in [1.165, 1.54) is 16.8 Å². The van der Waals surface area contributed by atoms with Crippen molar-refractivity contribution in [3.63, 3.8) is 0 Å². The van der Waals surface area contributed by atoms with Gasteiger partial charge in [0.15, 0.2) is 0 Å². The highest BCUT2D eigenvalue weighted by atomic mass is 16.6. The van der Waals surface area contributed by atoms with Gasteiger partial charge in [0.25, 0.3) is 5.69 Å². The molecule has 8 nitrogen and oxygen atoms in total. The topological polar surface area (TPSA) is 100 Å². The molecule has 128 valence electrons. The van der Waals surface area contributed by atoms with Gasteiger partial charge in [-0.2, -0.15) is 0 Å². The maximum absolute atomic E-state index is 12.1. The van der Waals surface area contributed by atoms with Crippen molar-refractivity contribution in [1.29, 1.82) is 0 Å². The molecule has 0 radical (unpaired) electrons. The quantitative estimate of drug-likeness (QED) is 0.401. The van der Waals surface area contributed by atoms with E-state index in [2.05, 4.69) is 4.98 Å². The first-order valence-corrected chi connectivity index (χ1v) is 7.45. The minimum Gasteiger partial charge on any atom is -0.454 e. The summed E-state index contributed by atoms with van der Waals surface area (Å²) in [6.45, 7) is 1.65. The fraction of sp³-hybridized carbons (Fsp3) is 0.176. The van der Waals surface area contributed by atoms with Gasteiger partial charge in [0.05, 0.1) is 11.1 Å². The summed E-state index contributed by atoms with van der Waals surface area (Å²) >= 11 is 0. The Morgan fingerprint density at radius 1 is 1.36 bits per heavy atom. The summed E-state index contributed by atoms with van der Waals surface area (Å²) in [6, 6.07) is 10.5. The molecular weight excluding hydrogens is 326 g/mol. The van der Waals surface area contributed by atoms with Crippen molar-refractivity contribution >= 4 is 11.7 Å². The molecule has 0 atom stereocenters. The van der Waals surface area contributed by atoms with Crippen molar-refractivity contribution in [2.24, 2.45) is 7.05 Å². The number of carbonyl (C=O) groups is 1. The number of hydrogen-bond acceptors (Lipinski definition) is 6. The Morgan fingerprint density at radius 2 is 2.08 bits per heavy atom. The molecule has 0 spiro atoms. The van der Waals surface area contributed by atoms with Gasteiger partial charge in [-0.15, -0.1) is 0 Å². The van der Waals surface area contributed by atoms with Crippen molar-refractivity contribution in [2.45, 2.75) is 13.5 Å². The lowest BCUT2D eigenvalue weighted by atomic mass is 10.2. The number of aryl methyl sites for hydroxylation is 2. The monoisotopic (exact) mass is 341 g/mol. The molecular formula is C17H15N3O5. The van der Waals surface area contributed by atoms with Crippen molar-refractivity contribution in [2.75, 3.05) is 0 Å². The molecule has 0 fully saturated rings. The largest absolute Gasteiger partial charge is 0.454 e. The van der Waals surface area contributed by atoms with Crippen molar-refractivity contribution in [3.05, 3.63) is 69.9 Å². The van der Waals surface area contributed by atoms with E-state index in [0.29, 0.717) is 17.3 Å². The Hall–Kier alpha value is -3.42. The second-order valence-corrected chi connectivity index (χ2v) is 5.42. The molecule has 0 unspecified atom stereocenters. The van der Waals surface area contributed by atoms with E-state index in [1.54, 1.807) is 14.0 Å². The lowest BCUT2D eigenvalue weighted by molar-refractivity contribution is -0.384. The van der Waals surface area contributed by atoms with Crippen LogP contribution in [0.5, 0.6) is 0 Å². The van der Waals surface area contributed by atoms with Crippen LogP contribution in [-0.2, 0) is 18.4 Å². The molecule has 8 heteroatoms.